The Labute approximate surface area is 182 Å². The molecule has 31 heavy (non-hydrogen) atoms. The highest BCUT2D eigenvalue weighted by molar-refractivity contribution is 5.91. The topological polar surface area (TPSA) is 107 Å². The fraction of sp³-hybridized carbons (Fsp3) is 0.750. The molecule has 0 aromatic carbocycles. The molecule has 0 spiro atoms. The highest BCUT2D eigenvalue weighted by Crippen LogP contribution is 2.87. The Kier molecular flexibility index (Phi) is 5.29. The van der Waals surface area contributed by atoms with Crippen molar-refractivity contribution in [2.24, 2.45) is 45.8 Å². The molecule has 4 aliphatic carbocycles. The minimum atomic E-state index is -1.34. The fourth-order valence-electron chi connectivity index (χ4n) is 8.32. The van der Waals surface area contributed by atoms with E-state index in [1.807, 2.05) is 13.8 Å². The molecule has 170 valence electrons. The maximum absolute atomic E-state index is 13.2. The van der Waals surface area contributed by atoms with Crippen LogP contribution in [0.4, 0.5) is 0 Å². The van der Waals surface area contributed by atoms with E-state index in [4.69, 9.17) is 9.47 Å². The minimum Gasteiger partial charge on any atom is -0.481 e. The van der Waals surface area contributed by atoms with Gasteiger partial charge in [-0.3, -0.25) is 9.59 Å². The normalized spacial score (nSPS) is 44.1. The van der Waals surface area contributed by atoms with Crippen LogP contribution in [0.5, 0.6) is 0 Å². The lowest BCUT2D eigenvalue weighted by Crippen LogP contribution is -2.54. The molecule has 7 nitrogen and oxygen atoms in total. The molecular weight excluding hydrogens is 400 g/mol. The summed E-state index contributed by atoms with van der Waals surface area (Å²) in [4.78, 5) is 48.5. The van der Waals surface area contributed by atoms with E-state index in [2.05, 4.69) is 13.0 Å². The Balaban J connectivity index is 1.84. The first-order chi connectivity index (χ1) is 14.7. The molecule has 1 N–H and O–H groups in total. The van der Waals surface area contributed by atoms with E-state index in [1.54, 1.807) is 0 Å². The van der Waals surface area contributed by atoms with Gasteiger partial charge in [-0.1, -0.05) is 38.8 Å². The van der Waals surface area contributed by atoms with Gasteiger partial charge >= 0.3 is 5.97 Å². The van der Waals surface area contributed by atoms with Gasteiger partial charge in [0.1, 0.15) is 24.1 Å². The lowest BCUT2D eigenvalue weighted by atomic mass is 9.55. The van der Waals surface area contributed by atoms with E-state index in [9.17, 15) is 24.3 Å². The molecule has 0 heterocycles. The molecule has 0 aromatic heterocycles. The second kappa shape index (κ2) is 7.34. The molecule has 0 amide bonds. The van der Waals surface area contributed by atoms with Crippen LogP contribution in [0.2, 0.25) is 0 Å². The predicted octanol–water partition coefficient (Wildman–Crippen LogP) is 2.67. The van der Waals surface area contributed by atoms with Crippen molar-refractivity contribution >= 4 is 24.8 Å². The molecular formula is C24H32O7. The number of aldehydes is 3. The van der Waals surface area contributed by atoms with Crippen LogP contribution >= 0.6 is 0 Å². The third kappa shape index (κ3) is 2.42. The Hall–Kier alpha value is -1.86. The van der Waals surface area contributed by atoms with Crippen LogP contribution in [-0.4, -0.2) is 48.9 Å². The van der Waals surface area contributed by atoms with Crippen LogP contribution in [-0.2, 0) is 28.7 Å². The first-order valence-electron chi connectivity index (χ1n) is 11.3. The molecule has 4 bridgehead atoms. The Morgan fingerprint density at radius 2 is 1.94 bits per heavy atom. The lowest BCUT2D eigenvalue weighted by molar-refractivity contribution is -0.194. The maximum atomic E-state index is 13.2. The van der Waals surface area contributed by atoms with E-state index < -0.39 is 34.6 Å². The smallest absolute Gasteiger partial charge is 0.315 e. The predicted molar refractivity (Wildman–Crippen MR) is 110 cm³/mol. The quantitative estimate of drug-likeness (QED) is 0.321. The minimum absolute atomic E-state index is 0.00671. The van der Waals surface area contributed by atoms with Crippen LogP contribution in [0.25, 0.3) is 0 Å². The number of carboxylic acid groups (broad SMARTS) is 1. The van der Waals surface area contributed by atoms with Gasteiger partial charge in [-0.2, -0.15) is 0 Å². The van der Waals surface area contributed by atoms with Gasteiger partial charge in [-0.15, -0.1) is 0 Å². The monoisotopic (exact) mass is 432 g/mol. The summed E-state index contributed by atoms with van der Waals surface area (Å²) in [6.45, 7) is 7.62. The van der Waals surface area contributed by atoms with Gasteiger partial charge in [0.05, 0.1) is 12.0 Å². The molecule has 3 fully saturated rings. The number of carbonyl (C=O) groups excluding carboxylic acids is 3. The molecule has 0 saturated heterocycles. The summed E-state index contributed by atoms with van der Waals surface area (Å²) in [5, 5.41) is 10.8. The van der Waals surface area contributed by atoms with Gasteiger partial charge in [0.2, 0.25) is 6.29 Å². The largest absolute Gasteiger partial charge is 0.481 e. The second-order valence-corrected chi connectivity index (χ2v) is 10.3. The summed E-state index contributed by atoms with van der Waals surface area (Å²) in [6, 6.07) is 0. The highest BCUT2D eigenvalue weighted by Gasteiger charge is 2.89. The van der Waals surface area contributed by atoms with Gasteiger partial charge in [-0.05, 0) is 49.4 Å². The van der Waals surface area contributed by atoms with Crippen molar-refractivity contribution < 1.29 is 33.8 Å². The SMILES string of the molecule is CC(C)C1=C[C@H]2C[C@]3(C=O)[C@@H]4CC[C@@H](C)[C@H]4[C@@]2(CO[C@@H](C=O)O[C@H](C)C=O)[C@]13C(=O)O. The van der Waals surface area contributed by atoms with Crippen LogP contribution < -0.4 is 0 Å². The number of hydrogen-bond acceptors (Lipinski definition) is 6. The average Bonchev–Trinajstić information content (AvgIpc) is 3.40. The molecule has 0 unspecified atom stereocenters. The van der Waals surface area contributed by atoms with Gasteiger partial charge in [0.15, 0.2) is 6.29 Å². The lowest BCUT2D eigenvalue weighted by Gasteiger charge is -2.46. The van der Waals surface area contributed by atoms with Crippen LogP contribution in [0.3, 0.4) is 0 Å². The Morgan fingerprint density at radius 1 is 1.23 bits per heavy atom. The molecule has 0 aromatic rings. The van der Waals surface area contributed by atoms with Crippen LogP contribution in [0.1, 0.15) is 47.0 Å². The standard InChI is InChI=1S/C24H32O7/c1-13(2)18-7-16-8-22(11-27)17-6-5-14(3)20(17)23(16,24(18,22)21(28)29)12-30-19(10-26)31-15(4)9-25/h7,9-11,13-17,19-20H,5-6,8,12H2,1-4H3,(H,28,29)/t14-,15-,16+,17-,19-,20-,22+,23+,24+/m1/s1. The first-order valence-corrected chi connectivity index (χ1v) is 11.3. The van der Waals surface area contributed by atoms with E-state index in [0.717, 1.165) is 24.7 Å². The van der Waals surface area contributed by atoms with Crippen molar-refractivity contribution in [3.63, 3.8) is 0 Å². The fourth-order valence-corrected chi connectivity index (χ4v) is 8.32. The number of carboxylic acids is 1. The van der Waals surface area contributed by atoms with Crippen LogP contribution in [0, 0.1) is 45.8 Å². The average molecular weight is 433 g/mol. The molecule has 4 rings (SSSR count). The number of aliphatic carboxylic acids is 1. The maximum Gasteiger partial charge on any atom is 0.315 e. The summed E-state index contributed by atoms with van der Waals surface area (Å²) in [5.74, 6) is -0.846. The third-order valence-corrected chi connectivity index (χ3v) is 8.96. The molecule has 0 aliphatic heterocycles. The highest BCUT2D eigenvalue weighted by atomic mass is 16.7. The number of ether oxygens (including phenoxy) is 2. The van der Waals surface area contributed by atoms with Crippen LogP contribution in [0.15, 0.2) is 11.6 Å². The zero-order valence-corrected chi connectivity index (χ0v) is 18.6. The number of fused-ring (bicyclic) bond motifs is 2. The van der Waals surface area contributed by atoms with Crippen molar-refractivity contribution in [1.29, 1.82) is 0 Å². The molecule has 3 saturated carbocycles. The van der Waals surface area contributed by atoms with E-state index in [-0.39, 0.29) is 36.2 Å². The summed E-state index contributed by atoms with van der Waals surface area (Å²) >= 11 is 0. The van der Waals surface area contributed by atoms with Crippen molar-refractivity contribution in [2.45, 2.75) is 59.4 Å². The van der Waals surface area contributed by atoms with Crippen molar-refractivity contribution in [1.82, 2.24) is 0 Å². The Morgan fingerprint density at radius 3 is 2.48 bits per heavy atom. The summed E-state index contributed by atoms with van der Waals surface area (Å²) in [6.07, 6.45) is 4.30. The zero-order valence-electron chi connectivity index (χ0n) is 18.6. The zero-order chi connectivity index (χ0) is 22.8. The van der Waals surface area contributed by atoms with Crippen molar-refractivity contribution in [3.8, 4) is 0 Å². The summed E-state index contributed by atoms with van der Waals surface area (Å²) < 4.78 is 11.3. The van der Waals surface area contributed by atoms with Crippen molar-refractivity contribution in [2.75, 3.05) is 6.61 Å². The Bertz CT molecular complexity index is 834. The van der Waals surface area contributed by atoms with E-state index in [1.165, 1.54) is 6.92 Å². The van der Waals surface area contributed by atoms with Crippen molar-refractivity contribution in [3.05, 3.63) is 11.6 Å². The molecule has 9 atom stereocenters. The van der Waals surface area contributed by atoms with E-state index >= 15 is 0 Å². The van der Waals surface area contributed by atoms with Gasteiger partial charge < -0.3 is 24.2 Å². The van der Waals surface area contributed by atoms with E-state index in [0.29, 0.717) is 19.0 Å². The molecule has 4 aliphatic rings. The third-order valence-electron chi connectivity index (χ3n) is 8.96. The number of rotatable bonds is 10. The molecule has 0 radical (unpaired) electrons. The van der Waals surface area contributed by atoms with Gasteiger partial charge in [0, 0.05) is 5.41 Å². The molecule has 7 heteroatoms. The first kappa shape index (κ1) is 22.3. The summed E-state index contributed by atoms with van der Waals surface area (Å²) in [5.41, 5.74) is -2.29. The number of allylic oxidation sites excluding steroid dienone is 1. The van der Waals surface area contributed by atoms with Gasteiger partial charge in [-0.25, -0.2) is 0 Å². The number of carbonyl (C=O) groups is 4. The van der Waals surface area contributed by atoms with Gasteiger partial charge in [0.25, 0.3) is 0 Å². The summed E-state index contributed by atoms with van der Waals surface area (Å²) in [7, 11) is 0. The number of hydrogen-bond donors (Lipinski definition) is 1. The second-order valence-electron chi connectivity index (χ2n) is 10.3.